The second kappa shape index (κ2) is 7.49. The molecule has 0 heterocycles. The van der Waals surface area contributed by atoms with E-state index >= 15 is 0 Å². The predicted octanol–water partition coefficient (Wildman–Crippen LogP) is 4.49. The number of benzene rings is 2. The summed E-state index contributed by atoms with van der Waals surface area (Å²) in [5, 5.41) is 3.37. The zero-order valence-electron chi connectivity index (χ0n) is 12.6. The van der Waals surface area contributed by atoms with Crippen molar-refractivity contribution < 1.29 is 14.3 Å². The standard InChI is InChI=1S/C17H15Cl2NO3/c1-10-4-3-5-12(8-10)17(22)23-11(2)16(21)20-15-9-13(18)6-7-14(15)19/h3-9,11H,1-2H3,(H,20,21)/t11-/m1/s1. The lowest BCUT2D eigenvalue weighted by molar-refractivity contribution is -0.123. The fourth-order valence-corrected chi connectivity index (χ4v) is 2.22. The summed E-state index contributed by atoms with van der Waals surface area (Å²) in [5.74, 6) is -1.05. The number of carbonyl (C=O) groups excluding carboxylic acids is 2. The van der Waals surface area contributed by atoms with Gasteiger partial charge in [-0.05, 0) is 44.2 Å². The highest BCUT2D eigenvalue weighted by molar-refractivity contribution is 6.35. The molecular weight excluding hydrogens is 337 g/mol. The third kappa shape index (κ3) is 4.71. The summed E-state index contributed by atoms with van der Waals surface area (Å²) in [4.78, 5) is 24.2. The maximum atomic E-state index is 12.1. The van der Waals surface area contributed by atoms with E-state index in [0.29, 0.717) is 21.3 Å². The Morgan fingerprint density at radius 3 is 2.57 bits per heavy atom. The first kappa shape index (κ1) is 17.3. The molecule has 0 radical (unpaired) electrons. The summed E-state index contributed by atoms with van der Waals surface area (Å²) in [7, 11) is 0. The van der Waals surface area contributed by atoms with E-state index in [-0.39, 0.29) is 0 Å². The summed E-state index contributed by atoms with van der Waals surface area (Å²) in [5.41, 5.74) is 1.69. The topological polar surface area (TPSA) is 55.4 Å². The Bertz CT molecular complexity index is 746. The largest absolute Gasteiger partial charge is 0.449 e. The van der Waals surface area contributed by atoms with Crippen molar-refractivity contribution in [1.82, 2.24) is 0 Å². The highest BCUT2D eigenvalue weighted by Crippen LogP contribution is 2.25. The zero-order chi connectivity index (χ0) is 17.0. The van der Waals surface area contributed by atoms with Crippen molar-refractivity contribution in [3.8, 4) is 0 Å². The number of ether oxygens (including phenoxy) is 1. The molecule has 2 aromatic rings. The van der Waals surface area contributed by atoms with Crippen LogP contribution in [0.4, 0.5) is 5.69 Å². The summed E-state index contributed by atoms with van der Waals surface area (Å²) in [6, 6.07) is 11.7. The average Bonchev–Trinajstić information content (AvgIpc) is 2.50. The molecular formula is C17H15Cl2NO3. The lowest BCUT2D eigenvalue weighted by Crippen LogP contribution is -2.30. The number of nitrogens with one attached hydrogen (secondary N) is 1. The highest BCUT2D eigenvalue weighted by Gasteiger charge is 2.20. The van der Waals surface area contributed by atoms with Gasteiger partial charge in [0, 0.05) is 5.02 Å². The fourth-order valence-electron chi connectivity index (χ4n) is 1.88. The quantitative estimate of drug-likeness (QED) is 0.825. The number of amides is 1. The van der Waals surface area contributed by atoms with E-state index in [1.165, 1.54) is 13.0 Å². The van der Waals surface area contributed by atoms with E-state index in [9.17, 15) is 9.59 Å². The normalized spacial score (nSPS) is 11.7. The first-order valence-corrected chi connectivity index (χ1v) is 7.66. The van der Waals surface area contributed by atoms with Gasteiger partial charge >= 0.3 is 5.97 Å². The molecule has 1 amide bonds. The molecule has 0 bridgehead atoms. The van der Waals surface area contributed by atoms with Gasteiger partial charge < -0.3 is 10.1 Å². The molecule has 2 rings (SSSR count). The minimum absolute atomic E-state index is 0.347. The highest BCUT2D eigenvalue weighted by atomic mass is 35.5. The third-order valence-electron chi connectivity index (χ3n) is 3.09. The lowest BCUT2D eigenvalue weighted by Gasteiger charge is -2.14. The van der Waals surface area contributed by atoms with E-state index in [1.807, 2.05) is 13.0 Å². The predicted molar refractivity (Wildman–Crippen MR) is 91.1 cm³/mol. The van der Waals surface area contributed by atoms with Crippen LogP contribution in [0.3, 0.4) is 0 Å². The minimum Gasteiger partial charge on any atom is -0.449 e. The van der Waals surface area contributed by atoms with E-state index in [0.717, 1.165) is 5.56 Å². The summed E-state index contributed by atoms with van der Waals surface area (Å²) in [6.07, 6.45) is -0.974. The molecule has 2 aromatic carbocycles. The molecule has 0 aromatic heterocycles. The van der Waals surface area contributed by atoms with E-state index in [2.05, 4.69) is 5.32 Å². The molecule has 0 saturated carbocycles. The van der Waals surface area contributed by atoms with Crippen LogP contribution in [0.15, 0.2) is 42.5 Å². The Morgan fingerprint density at radius 2 is 1.87 bits per heavy atom. The van der Waals surface area contributed by atoms with Crippen molar-refractivity contribution in [2.75, 3.05) is 5.32 Å². The van der Waals surface area contributed by atoms with E-state index in [1.54, 1.807) is 30.3 Å². The van der Waals surface area contributed by atoms with Crippen LogP contribution in [-0.2, 0) is 9.53 Å². The van der Waals surface area contributed by atoms with Gasteiger partial charge in [-0.25, -0.2) is 4.79 Å². The van der Waals surface area contributed by atoms with Gasteiger partial charge in [-0.15, -0.1) is 0 Å². The van der Waals surface area contributed by atoms with Gasteiger partial charge in [-0.3, -0.25) is 4.79 Å². The number of esters is 1. The molecule has 0 fully saturated rings. The van der Waals surface area contributed by atoms with Gasteiger partial charge in [-0.1, -0.05) is 40.9 Å². The van der Waals surface area contributed by atoms with Crippen molar-refractivity contribution in [1.29, 1.82) is 0 Å². The molecule has 4 nitrogen and oxygen atoms in total. The second-order valence-electron chi connectivity index (χ2n) is 5.03. The maximum absolute atomic E-state index is 12.1. The number of hydrogen-bond acceptors (Lipinski definition) is 3. The average molecular weight is 352 g/mol. The van der Waals surface area contributed by atoms with Gasteiger partial charge in [0.25, 0.3) is 5.91 Å². The molecule has 0 saturated heterocycles. The van der Waals surface area contributed by atoms with Crippen LogP contribution in [0, 0.1) is 6.92 Å². The van der Waals surface area contributed by atoms with Crippen molar-refractivity contribution >= 4 is 40.8 Å². The Balaban J connectivity index is 2.02. The van der Waals surface area contributed by atoms with Crippen molar-refractivity contribution in [3.05, 3.63) is 63.6 Å². The Morgan fingerprint density at radius 1 is 1.13 bits per heavy atom. The number of halogens is 2. The Kier molecular flexibility index (Phi) is 5.64. The van der Waals surface area contributed by atoms with Crippen LogP contribution < -0.4 is 5.32 Å². The van der Waals surface area contributed by atoms with Crippen molar-refractivity contribution in [3.63, 3.8) is 0 Å². The van der Waals surface area contributed by atoms with Crippen LogP contribution in [0.1, 0.15) is 22.8 Å². The molecule has 0 aliphatic rings. The van der Waals surface area contributed by atoms with Gasteiger partial charge in [0.05, 0.1) is 16.3 Å². The van der Waals surface area contributed by atoms with Crippen LogP contribution in [-0.4, -0.2) is 18.0 Å². The molecule has 120 valence electrons. The minimum atomic E-state index is -0.974. The maximum Gasteiger partial charge on any atom is 0.338 e. The van der Waals surface area contributed by atoms with Gasteiger partial charge in [0.1, 0.15) is 0 Å². The molecule has 6 heteroatoms. The molecule has 1 atom stereocenters. The van der Waals surface area contributed by atoms with Crippen LogP contribution in [0.25, 0.3) is 0 Å². The monoisotopic (exact) mass is 351 g/mol. The number of anilines is 1. The molecule has 0 spiro atoms. The number of aryl methyl sites for hydroxylation is 1. The molecule has 0 aliphatic heterocycles. The lowest BCUT2D eigenvalue weighted by atomic mass is 10.1. The summed E-state index contributed by atoms with van der Waals surface area (Å²) < 4.78 is 5.17. The first-order chi connectivity index (χ1) is 10.9. The second-order valence-corrected chi connectivity index (χ2v) is 5.87. The van der Waals surface area contributed by atoms with Gasteiger partial charge in [0.2, 0.25) is 0 Å². The molecule has 0 unspecified atom stereocenters. The van der Waals surface area contributed by atoms with Gasteiger partial charge in [0.15, 0.2) is 6.10 Å². The SMILES string of the molecule is Cc1cccc(C(=O)O[C@H](C)C(=O)Nc2cc(Cl)ccc2Cl)c1. The number of hydrogen-bond donors (Lipinski definition) is 1. The zero-order valence-corrected chi connectivity index (χ0v) is 14.1. The first-order valence-electron chi connectivity index (χ1n) is 6.90. The van der Waals surface area contributed by atoms with E-state index < -0.39 is 18.0 Å². The Labute approximate surface area is 144 Å². The van der Waals surface area contributed by atoms with Crippen molar-refractivity contribution in [2.24, 2.45) is 0 Å². The summed E-state index contributed by atoms with van der Waals surface area (Å²) >= 11 is 11.8. The van der Waals surface area contributed by atoms with E-state index in [4.69, 9.17) is 27.9 Å². The molecule has 23 heavy (non-hydrogen) atoms. The number of rotatable bonds is 4. The van der Waals surface area contributed by atoms with Crippen LogP contribution in [0.5, 0.6) is 0 Å². The molecule has 1 N–H and O–H groups in total. The fraction of sp³-hybridized carbons (Fsp3) is 0.176. The third-order valence-corrected chi connectivity index (χ3v) is 3.66. The summed E-state index contributed by atoms with van der Waals surface area (Å²) in [6.45, 7) is 3.36. The number of carbonyl (C=O) groups is 2. The van der Waals surface area contributed by atoms with Crippen molar-refractivity contribution in [2.45, 2.75) is 20.0 Å². The molecule has 0 aliphatic carbocycles. The Hall–Kier alpha value is -2.04. The van der Waals surface area contributed by atoms with Crippen LogP contribution in [0.2, 0.25) is 10.0 Å². The smallest absolute Gasteiger partial charge is 0.338 e. The van der Waals surface area contributed by atoms with Crippen LogP contribution >= 0.6 is 23.2 Å². The van der Waals surface area contributed by atoms with Gasteiger partial charge in [-0.2, -0.15) is 0 Å².